The highest BCUT2D eigenvalue weighted by Gasteiger charge is 2.12. The molecule has 0 aliphatic carbocycles. The molecule has 5 nitrogen and oxygen atoms in total. The predicted octanol–water partition coefficient (Wildman–Crippen LogP) is 3.46. The summed E-state index contributed by atoms with van der Waals surface area (Å²) in [7, 11) is 0. The van der Waals surface area contributed by atoms with Crippen LogP contribution < -0.4 is 5.32 Å². The molecule has 1 amide bonds. The zero-order valence-corrected chi connectivity index (χ0v) is 11.2. The van der Waals surface area contributed by atoms with Crippen LogP contribution in [0, 0.1) is 24.0 Å². The van der Waals surface area contributed by atoms with Gasteiger partial charge in [-0.2, -0.15) is 0 Å². The SMILES string of the molecule is Cc1ccccc1C(=O)Nc1ccc([N+](=O)[O-])c(C)c1. The van der Waals surface area contributed by atoms with Crippen molar-refractivity contribution >= 4 is 17.3 Å². The number of nitrogens with zero attached hydrogens (tertiary/aromatic N) is 1. The van der Waals surface area contributed by atoms with Gasteiger partial charge in [0, 0.05) is 22.9 Å². The summed E-state index contributed by atoms with van der Waals surface area (Å²) in [6.45, 7) is 3.50. The van der Waals surface area contributed by atoms with Crippen molar-refractivity contribution < 1.29 is 9.72 Å². The Labute approximate surface area is 116 Å². The number of benzene rings is 2. The molecule has 1 N–H and O–H groups in total. The second-order valence-corrected chi connectivity index (χ2v) is 4.53. The van der Waals surface area contributed by atoms with Gasteiger partial charge in [0.25, 0.3) is 11.6 Å². The van der Waals surface area contributed by atoms with Crippen molar-refractivity contribution in [3.63, 3.8) is 0 Å². The summed E-state index contributed by atoms with van der Waals surface area (Å²) < 4.78 is 0. The Bertz CT molecular complexity index is 681. The zero-order valence-electron chi connectivity index (χ0n) is 11.2. The Hall–Kier alpha value is -2.69. The van der Waals surface area contributed by atoms with Crippen LogP contribution in [0.15, 0.2) is 42.5 Å². The van der Waals surface area contributed by atoms with E-state index in [2.05, 4.69) is 5.32 Å². The van der Waals surface area contributed by atoms with Crippen LogP contribution in [0.1, 0.15) is 21.5 Å². The molecule has 0 spiro atoms. The molecule has 2 aromatic rings. The van der Waals surface area contributed by atoms with Crippen LogP contribution in [0.3, 0.4) is 0 Å². The van der Waals surface area contributed by atoms with Crippen LogP contribution in [0.25, 0.3) is 0 Å². The van der Waals surface area contributed by atoms with Gasteiger partial charge in [-0.25, -0.2) is 0 Å². The number of carbonyl (C=O) groups excluding carboxylic acids is 1. The predicted molar refractivity (Wildman–Crippen MR) is 77.0 cm³/mol. The summed E-state index contributed by atoms with van der Waals surface area (Å²) in [5.41, 5.74) is 2.56. The monoisotopic (exact) mass is 270 g/mol. The lowest BCUT2D eigenvalue weighted by Gasteiger charge is -2.08. The number of amides is 1. The summed E-state index contributed by atoms with van der Waals surface area (Å²) in [6, 6.07) is 11.8. The van der Waals surface area contributed by atoms with Crippen molar-refractivity contribution in [3.8, 4) is 0 Å². The van der Waals surface area contributed by atoms with Gasteiger partial charge in [-0.05, 0) is 37.6 Å². The number of carbonyl (C=O) groups is 1. The summed E-state index contributed by atoms with van der Waals surface area (Å²) in [5, 5.41) is 13.5. The molecule has 0 aromatic heterocycles. The highest BCUT2D eigenvalue weighted by atomic mass is 16.6. The van der Waals surface area contributed by atoms with Crippen molar-refractivity contribution in [2.24, 2.45) is 0 Å². The maximum Gasteiger partial charge on any atom is 0.272 e. The Kier molecular flexibility index (Phi) is 3.79. The molecule has 20 heavy (non-hydrogen) atoms. The van der Waals surface area contributed by atoms with E-state index in [1.807, 2.05) is 19.1 Å². The lowest BCUT2D eigenvalue weighted by atomic mass is 10.1. The Morgan fingerprint density at radius 1 is 1.10 bits per heavy atom. The lowest BCUT2D eigenvalue weighted by Crippen LogP contribution is -2.13. The molecule has 2 aromatic carbocycles. The molecule has 0 saturated carbocycles. The summed E-state index contributed by atoms with van der Waals surface area (Å²) in [5.74, 6) is -0.226. The van der Waals surface area contributed by atoms with Gasteiger partial charge in [0.1, 0.15) is 0 Å². The van der Waals surface area contributed by atoms with E-state index in [0.717, 1.165) is 5.56 Å². The van der Waals surface area contributed by atoms with Crippen molar-refractivity contribution in [1.82, 2.24) is 0 Å². The molecular weight excluding hydrogens is 256 g/mol. The molecule has 0 unspecified atom stereocenters. The third-order valence-electron chi connectivity index (χ3n) is 3.04. The first-order valence-electron chi connectivity index (χ1n) is 6.11. The highest BCUT2D eigenvalue weighted by molar-refractivity contribution is 6.05. The first-order valence-corrected chi connectivity index (χ1v) is 6.11. The van der Waals surface area contributed by atoms with Crippen LogP contribution in [0.4, 0.5) is 11.4 Å². The van der Waals surface area contributed by atoms with Crippen LogP contribution in [-0.4, -0.2) is 10.8 Å². The lowest BCUT2D eigenvalue weighted by molar-refractivity contribution is -0.385. The van der Waals surface area contributed by atoms with Crippen LogP contribution in [0.5, 0.6) is 0 Å². The maximum atomic E-state index is 12.1. The molecule has 0 saturated heterocycles. The van der Waals surface area contributed by atoms with Gasteiger partial charge in [0.05, 0.1) is 4.92 Å². The highest BCUT2D eigenvalue weighted by Crippen LogP contribution is 2.22. The van der Waals surface area contributed by atoms with Crippen molar-refractivity contribution in [2.45, 2.75) is 13.8 Å². The van der Waals surface area contributed by atoms with Gasteiger partial charge in [-0.1, -0.05) is 18.2 Å². The number of nitro groups is 1. The average Bonchev–Trinajstić information content (AvgIpc) is 2.38. The average molecular weight is 270 g/mol. The molecule has 102 valence electrons. The van der Waals surface area contributed by atoms with Crippen LogP contribution in [-0.2, 0) is 0 Å². The van der Waals surface area contributed by atoms with Gasteiger partial charge in [-0.3, -0.25) is 14.9 Å². The third kappa shape index (κ3) is 2.83. The number of hydrogen-bond acceptors (Lipinski definition) is 3. The fourth-order valence-electron chi connectivity index (χ4n) is 1.96. The van der Waals surface area contributed by atoms with Crippen molar-refractivity contribution in [1.29, 1.82) is 0 Å². The van der Waals surface area contributed by atoms with Gasteiger partial charge in [0.15, 0.2) is 0 Å². The molecule has 0 heterocycles. The zero-order chi connectivity index (χ0) is 14.7. The first kappa shape index (κ1) is 13.7. The number of nitrogens with one attached hydrogen (secondary N) is 1. The normalized spacial score (nSPS) is 10.1. The third-order valence-corrected chi connectivity index (χ3v) is 3.04. The van der Waals surface area contributed by atoms with Gasteiger partial charge < -0.3 is 5.32 Å². The molecule has 0 aliphatic rings. The minimum Gasteiger partial charge on any atom is -0.322 e. The fraction of sp³-hybridized carbons (Fsp3) is 0.133. The fourth-order valence-corrected chi connectivity index (χ4v) is 1.96. The largest absolute Gasteiger partial charge is 0.322 e. The topological polar surface area (TPSA) is 72.2 Å². The second-order valence-electron chi connectivity index (χ2n) is 4.53. The molecule has 0 bridgehead atoms. The number of aryl methyl sites for hydroxylation is 2. The summed E-state index contributed by atoms with van der Waals surface area (Å²) in [4.78, 5) is 22.4. The smallest absolute Gasteiger partial charge is 0.272 e. The minimum atomic E-state index is -0.442. The van der Waals surface area contributed by atoms with Gasteiger partial charge >= 0.3 is 0 Å². The first-order chi connectivity index (χ1) is 9.49. The summed E-state index contributed by atoms with van der Waals surface area (Å²) in [6.07, 6.45) is 0. The van der Waals surface area contributed by atoms with E-state index in [0.29, 0.717) is 16.8 Å². The van der Waals surface area contributed by atoms with Crippen molar-refractivity contribution in [3.05, 3.63) is 69.3 Å². The molecule has 0 aliphatic heterocycles. The van der Waals surface area contributed by atoms with Gasteiger partial charge in [-0.15, -0.1) is 0 Å². The molecule has 0 fully saturated rings. The maximum absolute atomic E-state index is 12.1. The number of hydrogen-bond donors (Lipinski definition) is 1. The Morgan fingerprint density at radius 2 is 1.80 bits per heavy atom. The molecule has 0 radical (unpaired) electrons. The molecule has 0 atom stereocenters. The van der Waals surface area contributed by atoms with E-state index in [-0.39, 0.29) is 11.6 Å². The van der Waals surface area contributed by atoms with E-state index in [4.69, 9.17) is 0 Å². The van der Waals surface area contributed by atoms with E-state index in [9.17, 15) is 14.9 Å². The molecule has 5 heteroatoms. The molecule has 2 rings (SSSR count). The van der Waals surface area contributed by atoms with Crippen LogP contribution in [0.2, 0.25) is 0 Å². The Balaban J connectivity index is 2.23. The van der Waals surface area contributed by atoms with Crippen LogP contribution >= 0.6 is 0 Å². The standard InChI is InChI=1S/C15H14N2O3/c1-10-5-3-4-6-13(10)15(18)16-12-7-8-14(17(19)20)11(2)9-12/h3-9H,1-2H3,(H,16,18). The number of rotatable bonds is 3. The molecular formula is C15H14N2O3. The van der Waals surface area contributed by atoms with E-state index < -0.39 is 4.92 Å². The van der Waals surface area contributed by atoms with Gasteiger partial charge in [0.2, 0.25) is 0 Å². The Morgan fingerprint density at radius 3 is 2.40 bits per heavy atom. The number of nitro benzene ring substituents is 1. The summed E-state index contributed by atoms with van der Waals surface area (Å²) >= 11 is 0. The minimum absolute atomic E-state index is 0.0406. The number of anilines is 1. The quantitative estimate of drug-likeness (QED) is 0.685. The van der Waals surface area contributed by atoms with E-state index >= 15 is 0 Å². The van der Waals surface area contributed by atoms with E-state index in [1.54, 1.807) is 25.1 Å². The second kappa shape index (κ2) is 5.52. The van der Waals surface area contributed by atoms with Crippen molar-refractivity contribution in [2.75, 3.05) is 5.32 Å². The van der Waals surface area contributed by atoms with E-state index in [1.165, 1.54) is 12.1 Å².